The summed E-state index contributed by atoms with van der Waals surface area (Å²) in [5, 5.41) is 11.1. The number of esters is 1. The second-order valence-electron chi connectivity index (χ2n) is 11.7. The van der Waals surface area contributed by atoms with Crippen LogP contribution in [0.5, 0.6) is 5.75 Å². The van der Waals surface area contributed by atoms with Crippen molar-refractivity contribution >= 4 is 29.4 Å². The second kappa shape index (κ2) is 10.1. The fourth-order valence-electron chi connectivity index (χ4n) is 6.81. The fourth-order valence-corrected chi connectivity index (χ4v) is 7.02. The molecule has 2 aromatic rings. The second-order valence-corrected chi connectivity index (χ2v) is 12.1. The van der Waals surface area contributed by atoms with Gasteiger partial charge in [0.05, 0.1) is 29.6 Å². The number of benzene rings is 1. The van der Waals surface area contributed by atoms with E-state index >= 15 is 0 Å². The molecule has 0 radical (unpaired) electrons. The smallest absolute Gasteiger partial charge is 0.320 e. The molecule has 2 aliphatic heterocycles. The number of rotatable bonds is 7. The van der Waals surface area contributed by atoms with Crippen molar-refractivity contribution in [2.45, 2.75) is 44.5 Å². The number of nitrogens with zero attached hydrogens (tertiary/aromatic N) is 4. The number of amides is 2. The van der Waals surface area contributed by atoms with Gasteiger partial charge in [0.25, 0.3) is 17.4 Å². The molecule has 4 unspecified atom stereocenters. The lowest BCUT2D eigenvalue weighted by Crippen LogP contribution is -2.56. The van der Waals surface area contributed by atoms with Gasteiger partial charge in [0, 0.05) is 24.6 Å². The number of carbonyl (C=O) groups excluding carboxylic acids is 3. The van der Waals surface area contributed by atoms with Crippen LogP contribution in [0.3, 0.4) is 0 Å². The van der Waals surface area contributed by atoms with Crippen LogP contribution in [-0.4, -0.2) is 82.0 Å². The lowest BCUT2D eigenvalue weighted by molar-refractivity contribution is -0.150. The molecule has 220 valence electrons. The van der Waals surface area contributed by atoms with E-state index < -0.39 is 46.7 Å². The molecular formula is C30H30ClFN4O6. The Labute approximate surface area is 246 Å². The summed E-state index contributed by atoms with van der Waals surface area (Å²) in [6.45, 7) is 2.06. The number of aromatic nitrogens is 1. The molecule has 0 bridgehead atoms. The van der Waals surface area contributed by atoms with Crippen molar-refractivity contribution in [2.24, 2.45) is 11.8 Å². The first-order valence-corrected chi connectivity index (χ1v) is 14.2. The quantitative estimate of drug-likeness (QED) is 0.385. The summed E-state index contributed by atoms with van der Waals surface area (Å²) < 4.78 is 20.6. The third kappa shape index (κ3) is 4.19. The molecule has 4 aliphatic rings. The number of fused-ring (bicyclic) bond motifs is 6. The Kier molecular flexibility index (Phi) is 6.82. The zero-order valence-electron chi connectivity index (χ0n) is 23.4. The molecule has 1 aromatic carbocycles. The summed E-state index contributed by atoms with van der Waals surface area (Å²) >= 11 is 5.92. The maximum atomic E-state index is 14.2. The standard InChI is InChI=1S/C30H30ClFN4O6/c1-16(42-23(37)15-33(2)3)13-35-28(40)25-19-9-11-34(14-17-4-7-22(32)21(31)12-17)27(39)24(19)26(38)29(41)36(25)30(35)10-8-18-5-6-20(18)30/h4,7,12,16,18,20,38H,8-11,13-15H2,1-3H3. The lowest BCUT2D eigenvalue weighted by atomic mass is 9.82. The molecule has 1 N–H and O–H groups in total. The topological polar surface area (TPSA) is 112 Å². The Morgan fingerprint density at radius 1 is 1.26 bits per heavy atom. The van der Waals surface area contributed by atoms with Crippen molar-refractivity contribution in [1.29, 1.82) is 0 Å². The molecule has 1 fully saturated rings. The van der Waals surface area contributed by atoms with Gasteiger partial charge in [0.2, 0.25) is 0 Å². The van der Waals surface area contributed by atoms with Gasteiger partial charge in [0.15, 0.2) is 5.75 Å². The summed E-state index contributed by atoms with van der Waals surface area (Å²) in [7, 11) is 3.49. The van der Waals surface area contributed by atoms with Crippen LogP contribution in [0.4, 0.5) is 4.39 Å². The number of aromatic hydroxyl groups is 1. The highest BCUT2D eigenvalue weighted by atomic mass is 35.5. The Hall–Kier alpha value is -3.88. The first kappa shape index (κ1) is 28.2. The Balaban J connectivity index is 1.39. The molecule has 1 saturated carbocycles. The van der Waals surface area contributed by atoms with Gasteiger partial charge in [-0.15, -0.1) is 0 Å². The number of hydrogen-bond donors (Lipinski definition) is 1. The van der Waals surface area contributed by atoms with E-state index in [0.29, 0.717) is 24.0 Å². The van der Waals surface area contributed by atoms with Crippen LogP contribution < -0.4 is 5.56 Å². The molecule has 0 saturated heterocycles. The molecule has 3 heterocycles. The van der Waals surface area contributed by atoms with Gasteiger partial charge >= 0.3 is 5.97 Å². The minimum Gasteiger partial charge on any atom is -0.502 e. The number of hydrogen-bond acceptors (Lipinski definition) is 7. The van der Waals surface area contributed by atoms with E-state index in [2.05, 4.69) is 11.8 Å². The number of ether oxygens (including phenoxy) is 1. The predicted molar refractivity (Wildman–Crippen MR) is 149 cm³/mol. The van der Waals surface area contributed by atoms with Crippen LogP contribution in [0.2, 0.25) is 5.02 Å². The van der Waals surface area contributed by atoms with E-state index in [1.807, 2.05) is 0 Å². The largest absolute Gasteiger partial charge is 0.502 e. The van der Waals surface area contributed by atoms with E-state index in [9.17, 15) is 28.7 Å². The van der Waals surface area contributed by atoms with Crippen LogP contribution in [0.25, 0.3) is 0 Å². The average molecular weight is 597 g/mol. The summed E-state index contributed by atoms with van der Waals surface area (Å²) in [5.74, 6) is 3.11. The Morgan fingerprint density at radius 2 is 2.02 bits per heavy atom. The van der Waals surface area contributed by atoms with E-state index in [4.69, 9.17) is 16.3 Å². The zero-order chi connectivity index (χ0) is 30.1. The molecule has 42 heavy (non-hydrogen) atoms. The lowest BCUT2D eigenvalue weighted by Gasteiger charge is -2.42. The number of likely N-dealkylation sites (N-methyl/N-ethyl adjacent to an activating group) is 1. The average Bonchev–Trinajstić information content (AvgIpc) is 3.29. The normalized spacial score (nSPS) is 24.2. The third-order valence-electron chi connectivity index (χ3n) is 8.61. The van der Waals surface area contributed by atoms with Crippen molar-refractivity contribution in [3.8, 4) is 17.6 Å². The minimum absolute atomic E-state index is 0.0115. The molecule has 6 rings (SSSR count). The van der Waals surface area contributed by atoms with Crippen molar-refractivity contribution in [1.82, 2.24) is 19.3 Å². The van der Waals surface area contributed by atoms with Gasteiger partial charge in [-0.05, 0) is 58.0 Å². The van der Waals surface area contributed by atoms with E-state index in [-0.39, 0.29) is 60.7 Å². The molecule has 4 atom stereocenters. The molecule has 10 nitrogen and oxygen atoms in total. The highest BCUT2D eigenvalue weighted by molar-refractivity contribution is 6.30. The van der Waals surface area contributed by atoms with Crippen LogP contribution in [-0.2, 0) is 28.2 Å². The van der Waals surface area contributed by atoms with Gasteiger partial charge in [-0.1, -0.05) is 29.5 Å². The Bertz CT molecular complexity index is 1660. The highest BCUT2D eigenvalue weighted by Gasteiger charge is 2.63. The summed E-state index contributed by atoms with van der Waals surface area (Å²) in [5.41, 5.74) is -1.21. The van der Waals surface area contributed by atoms with Gasteiger partial charge in [-0.25, -0.2) is 4.39 Å². The van der Waals surface area contributed by atoms with Gasteiger partial charge in [-0.2, -0.15) is 0 Å². The Morgan fingerprint density at radius 3 is 2.67 bits per heavy atom. The maximum Gasteiger partial charge on any atom is 0.320 e. The van der Waals surface area contributed by atoms with E-state index in [1.54, 1.807) is 30.8 Å². The van der Waals surface area contributed by atoms with Gasteiger partial charge in [0.1, 0.15) is 23.3 Å². The first-order valence-electron chi connectivity index (χ1n) is 13.9. The SMILES string of the molecule is CC(CN1C(=O)c2c3c(c(O)c(=O)n2C12CCC1C#CC12)C(=O)N(Cc1ccc(F)c(Cl)c1)CC3)OC(=O)CN(C)C. The summed E-state index contributed by atoms with van der Waals surface area (Å²) in [4.78, 5) is 58.8. The van der Waals surface area contributed by atoms with E-state index in [1.165, 1.54) is 27.7 Å². The molecular weight excluding hydrogens is 567 g/mol. The zero-order valence-corrected chi connectivity index (χ0v) is 24.2. The van der Waals surface area contributed by atoms with Crippen LogP contribution >= 0.6 is 11.6 Å². The molecule has 2 amide bonds. The maximum absolute atomic E-state index is 14.2. The number of halogens is 2. The molecule has 2 aliphatic carbocycles. The van der Waals surface area contributed by atoms with Crippen molar-refractivity contribution in [3.05, 3.63) is 61.8 Å². The molecule has 1 spiro atoms. The monoisotopic (exact) mass is 596 g/mol. The van der Waals surface area contributed by atoms with Crippen LogP contribution in [0.15, 0.2) is 23.0 Å². The van der Waals surface area contributed by atoms with E-state index in [0.717, 1.165) is 0 Å². The number of carbonyl (C=O) groups is 3. The van der Waals surface area contributed by atoms with Gasteiger partial charge < -0.3 is 19.6 Å². The van der Waals surface area contributed by atoms with Crippen molar-refractivity contribution in [3.63, 3.8) is 0 Å². The summed E-state index contributed by atoms with van der Waals surface area (Å²) in [6.07, 6.45) is 0.608. The fraction of sp³-hybridized carbons (Fsp3) is 0.467. The molecule has 12 heteroatoms. The third-order valence-corrected chi connectivity index (χ3v) is 8.90. The van der Waals surface area contributed by atoms with Crippen LogP contribution in [0, 0.1) is 29.5 Å². The predicted octanol–water partition coefficient (Wildman–Crippen LogP) is 2.19. The highest BCUT2D eigenvalue weighted by Crippen LogP contribution is 2.54. The summed E-state index contributed by atoms with van der Waals surface area (Å²) in [6, 6.07) is 4.14. The van der Waals surface area contributed by atoms with Crippen LogP contribution in [0.1, 0.15) is 51.7 Å². The van der Waals surface area contributed by atoms with Crippen molar-refractivity contribution < 1.29 is 28.6 Å². The number of pyridine rings is 1. The first-order chi connectivity index (χ1) is 19.9. The van der Waals surface area contributed by atoms with Gasteiger partial charge in [-0.3, -0.25) is 28.6 Å². The minimum atomic E-state index is -1.15. The molecule has 1 aromatic heterocycles. The van der Waals surface area contributed by atoms with Crippen molar-refractivity contribution in [2.75, 3.05) is 33.7 Å².